The van der Waals surface area contributed by atoms with Crippen LogP contribution < -0.4 is 5.32 Å². The number of hydrogen-bond donors (Lipinski definition) is 2. The Balaban J connectivity index is 2.11. The molecule has 6 heteroatoms. The fourth-order valence-electron chi connectivity index (χ4n) is 2.33. The summed E-state index contributed by atoms with van der Waals surface area (Å²) in [5.41, 5.74) is 2.26. The summed E-state index contributed by atoms with van der Waals surface area (Å²) in [6, 6.07) is 7.92. The summed E-state index contributed by atoms with van der Waals surface area (Å²) in [4.78, 5) is 23.4. The van der Waals surface area contributed by atoms with E-state index >= 15 is 0 Å². The van der Waals surface area contributed by atoms with E-state index in [4.69, 9.17) is 0 Å². The zero-order valence-corrected chi connectivity index (χ0v) is 13.5. The van der Waals surface area contributed by atoms with E-state index < -0.39 is 12.0 Å². The van der Waals surface area contributed by atoms with E-state index in [-0.39, 0.29) is 11.8 Å². The number of aryl methyl sites for hydroxylation is 1. The average Bonchev–Trinajstić information content (AvgIpc) is 2.92. The van der Waals surface area contributed by atoms with Crippen LogP contribution in [0, 0.1) is 12.8 Å². The zero-order valence-electron chi connectivity index (χ0n) is 13.5. The molecule has 2 N–H and O–H groups in total. The van der Waals surface area contributed by atoms with Gasteiger partial charge in [0.2, 0.25) is 0 Å². The molecule has 1 heterocycles. The number of aromatic nitrogens is 2. The van der Waals surface area contributed by atoms with Crippen molar-refractivity contribution in [3.8, 4) is 5.69 Å². The molecule has 0 saturated carbocycles. The quantitative estimate of drug-likeness (QED) is 0.857. The maximum absolute atomic E-state index is 12.2. The first-order chi connectivity index (χ1) is 10.9. The van der Waals surface area contributed by atoms with Crippen LogP contribution in [-0.2, 0) is 4.79 Å². The third-order valence-corrected chi connectivity index (χ3v) is 3.52. The van der Waals surface area contributed by atoms with Crippen LogP contribution in [-0.4, -0.2) is 32.8 Å². The van der Waals surface area contributed by atoms with Gasteiger partial charge in [-0.1, -0.05) is 13.8 Å². The van der Waals surface area contributed by atoms with Gasteiger partial charge in [0.1, 0.15) is 6.04 Å². The van der Waals surface area contributed by atoms with Gasteiger partial charge in [-0.05, 0) is 49.6 Å². The van der Waals surface area contributed by atoms with Crippen molar-refractivity contribution in [2.75, 3.05) is 0 Å². The molecule has 1 atom stereocenters. The van der Waals surface area contributed by atoms with Gasteiger partial charge >= 0.3 is 5.97 Å². The number of nitrogens with one attached hydrogen (secondary N) is 1. The summed E-state index contributed by atoms with van der Waals surface area (Å²) in [5, 5.41) is 16.0. The van der Waals surface area contributed by atoms with Crippen LogP contribution in [0.25, 0.3) is 5.69 Å². The summed E-state index contributed by atoms with van der Waals surface area (Å²) in [6.07, 6.45) is 2.10. The molecule has 1 unspecified atom stereocenters. The first-order valence-electron chi connectivity index (χ1n) is 7.53. The van der Waals surface area contributed by atoms with Gasteiger partial charge in [0.05, 0.1) is 5.69 Å². The fraction of sp³-hybridized carbons (Fsp3) is 0.353. The predicted octanol–water partition coefficient (Wildman–Crippen LogP) is 2.41. The highest BCUT2D eigenvalue weighted by atomic mass is 16.4. The molecule has 1 aromatic heterocycles. The van der Waals surface area contributed by atoms with Crippen molar-refractivity contribution in [1.29, 1.82) is 0 Å². The second kappa shape index (κ2) is 7.09. The normalized spacial score (nSPS) is 12.2. The van der Waals surface area contributed by atoms with Crippen LogP contribution in [0.2, 0.25) is 0 Å². The van der Waals surface area contributed by atoms with E-state index in [0.29, 0.717) is 12.0 Å². The second-order valence-electron chi connectivity index (χ2n) is 5.93. The maximum Gasteiger partial charge on any atom is 0.326 e. The number of hydrogen-bond acceptors (Lipinski definition) is 3. The average molecular weight is 315 g/mol. The Kier molecular flexibility index (Phi) is 5.16. The van der Waals surface area contributed by atoms with Crippen molar-refractivity contribution in [2.45, 2.75) is 33.2 Å². The fourth-order valence-corrected chi connectivity index (χ4v) is 2.33. The molecule has 0 aliphatic rings. The molecule has 0 spiro atoms. The van der Waals surface area contributed by atoms with Gasteiger partial charge in [0.25, 0.3) is 5.91 Å². The van der Waals surface area contributed by atoms with Gasteiger partial charge in [-0.25, -0.2) is 9.48 Å². The Labute approximate surface area is 135 Å². The second-order valence-corrected chi connectivity index (χ2v) is 5.93. The standard InChI is InChI=1S/C17H21N3O3/c1-11(2)10-15(17(22)23)19-16(21)13-4-6-14(7-5-13)20-12(3)8-9-18-20/h4-9,11,15H,10H2,1-3H3,(H,19,21)(H,22,23). The lowest BCUT2D eigenvalue weighted by molar-refractivity contribution is -0.139. The lowest BCUT2D eigenvalue weighted by atomic mass is 10.0. The molecule has 2 aromatic rings. The van der Waals surface area contributed by atoms with Crippen LogP contribution >= 0.6 is 0 Å². The molecule has 23 heavy (non-hydrogen) atoms. The van der Waals surface area contributed by atoms with Gasteiger partial charge in [0, 0.05) is 17.5 Å². The highest BCUT2D eigenvalue weighted by Gasteiger charge is 2.21. The smallest absolute Gasteiger partial charge is 0.326 e. The van der Waals surface area contributed by atoms with E-state index in [1.165, 1.54) is 0 Å². The highest BCUT2D eigenvalue weighted by Crippen LogP contribution is 2.12. The number of nitrogens with zero attached hydrogens (tertiary/aromatic N) is 2. The number of amides is 1. The molecule has 122 valence electrons. The first-order valence-corrected chi connectivity index (χ1v) is 7.53. The lowest BCUT2D eigenvalue weighted by Gasteiger charge is -2.16. The van der Waals surface area contributed by atoms with E-state index in [1.807, 2.05) is 26.8 Å². The third-order valence-electron chi connectivity index (χ3n) is 3.52. The summed E-state index contributed by atoms with van der Waals surface area (Å²) < 4.78 is 1.76. The van der Waals surface area contributed by atoms with Crippen LogP contribution in [0.1, 0.15) is 36.3 Å². The molecule has 2 rings (SSSR count). The van der Waals surface area contributed by atoms with Crippen molar-refractivity contribution in [3.05, 3.63) is 47.8 Å². The molecular weight excluding hydrogens is 294 g/mol. The van der Waals surface area contributed by atoms with E-state index in [9.17, 15) is 14.7 Å². The number of aliphatic carboxylic acids is 1. The van der Waals surface area contributed by atoms with Crippen molar-refractivity contribution >= 4 is 11.9 Å². The number of rotatable bonds is 6. The van der Waals surface area contributed by atoms with Gasteiger partial charge in [0.15, 0.2) is 0 Å². The largest absolute Gasteiger partial charge is 0.480 e. The molecule has 1 aromatic carbocycles. The van der Waals surface area contributed by atoms with Crippen molar-refractivity contribution < 1.29 is 14.7 Å². The summed E-state index contributed by atoms with van der Waals surface area (Å²) in [5.74, 6) is -1.22. The third kappa shape index (κ3) is 4.18. The number of carboxylic acids is 1. The topological polar surface area (TPSA) is 84.2 Å². The van der Waals surface area contributed by atoms with Gasteiger partial charge in [-0.15, -0.1) is 0 Å². The number of carbonyl (C=O) groups is 2. The molecule has 1 amide bonds. The first kappa shape index (κ1) is 16.7. The zero-order chi connectivity index (χ0) is 17.0. The Hall–Kier alpha value is -2.63. The van der Waals surface area contributed by atoms with Crippen LogP contribution in [0.3, 0.4) is 0 Å². The Morgan fingerprint density at radius 3 is 2.35 bits per heavy atom. The summed E-state index contributed by atoms with van der Waals surface area (Å²) in [6.45, 7) is 5.78. The number of benzene rings is 1. The van der Waals surface area contributed by atoms with E-state index in [1.54, 1.807) is 35.1 Å². The molecule has 0 bridgehead atoms. The monoisotopic (exact) mass is 315 g/mol. The number of carboxylic acid groups (broad SMARTS) is 1. The van der Waals surface area contributed by atoms with Crippen molar-refractivity contribution in [3.63, 3.8) is 0 Å². The molecular formula is C17H21N3O3. The van der Waals surface area contributed by atoms with Crippen LogP contribution in [0.5, 0.6) is 0 Å². The van der Waals surface area contributed by atoms with Crippen molar-refractivity contribution in [2.24, 2.45) is 5.92 Å². The van der Waals surface area contributed by atoms with E-state index in [2.05, 4.69) is 10.4 Å². The minimum absolute atomic E-state index is 0.182. The maximum atomic E-state index is 12.2. The number of carbonyl (C=O) groups excluding carboxylic acids is 1. The SMILES string of the molecule is Cc1ccnn1-c1ccc(C(=O)NC(CC(C)C)C(=O)O)cc1. The molecule has 0 radical (unpaired) electrons. The molecule has 0 aliphatic carbocycles. The molecule has 6 nitrogen and oxygen atoms in total. The Morgan fingerprint density at radius 1 is 1.22 bits per heavy atom. The highest BCUT2D eigenvalue weighted by molar-refractivity contribution is 5.96. The summed E-state index contributed by atoms with van der Waals surface area (Å²) >= 11 is 0. The predicted molar refractivity (Wildman–Crippen MR) is 86.6 cm³/mol. The van der Waals surface area contributed by atoms with Gasteiger partial charge in [-0.3, -0.25) is 4.79 Å². The van der Waals surface area contributed by atoms with Crippen LogP contribution in [0.4, 0.5) is 0 Å². The minimum atomic E-state index is -1.02. The van der Waals surface area contributed by atoms with Gasteiger partial charge in [-0.2, -0.15) is 5.10 Å². The molecule has 0 aliphatic heterocycles. The lowest BCUT2D eigenvalue weighted by Crippen LogP contribution is -2.41. The van der Waals surface area contributed by atoms with Gasteiger partial charge < -0.3 is 10.4 Å². The molecule has 0 saturated heterocycles. The summed E-state index contributed by atoms with van der Waals surface area (Å²) in [7, 11) is 0. The van der Waals surface area contributed by atoms with Crippen molar-refractivity contribution in [1.82, 2.24) is 15.1 Å². The Bertz CT molecular complexity index is 689. The van der Waals surface area contributed by atoms with E-state index in [0.717, 1.165) is 11.4 Å². The Morgan fingerprint density at radius 2 is 1.87 bits per heavy atom. The van der Waals surface area contributed by atoms with Crippen LogP contribution in [0.15, 0.2) is 36.5 Å². The molecule has 0 fully saturated rings. The minimum Gasteiger partial charge on any atom is -0.480 e.